The molecular formula is C23H20N4OS2. The average molecular weight is 433 g/mol. The third-order valence-corrected chi connectivity index (χ3v) is 7.07. The number of hydrogen-bond donors (Lipinski definition) is 0. The molecule has 0 fully saturated rings. The zero-order chi connectivity index (χ0) is 20.5. The van der Waals surface area contributed by atoms with Crippen LogP contribution in [0.15, 0.2) is 77.3 Å². The second-order valence-corrected chi connectivity index (χ2v) is 9.34. The lowest BCUT2D eigenvalue weighted by atomic mass is 10.2. The molecule has 5 nitrogen and oxygen atoms in total. The number of thiophene rings is 1. The number of carbonyl (C=O) groups is 1. The van der Waals surface area contributed by atoms with Gasteiger partial charge in [0.25, 0.3) is 0 Å². The Balaban J connectivity index is 1.46. The van der Waals surface area contributed by atoms with Crippen molar-refractivity contribution in [1.82, 2.24) is 14.8 Å². The van der Waals surface area contributed by atoms with Gasteiger partial charge in [-0.2, -0.15) is 0 Å². The number of fused-ring (bicyclic) bond motifs is 1. The van der Waals surface area contributed by atoms with E-state index in [-0.39, 0.29) is 11.2 Å². The fraction of sp³-hybridized carbons (Fsp3) is 0.174. The molecular weight excluding hydrogens is 412 g/mol. The Morgan fingerprint density at radius 3 is 2.63 bits per heavy atom. The summed E-state index contributed by atoms with van der Waals surface area (Å²) in [6.07, 6.45) is 0.905. The van der Waals surface area contributed by atoms with Gasteiger partial charge in [-0.25, -0.2) is 0 Å². The summed E-state index contributed by atoms with van der Waals surface area (Å²) in [5.74, 6) is 0.898. The number of nitrogens with zero attached hydrogens (tertiary/aromatic N) is 4. The number of benzene rings is 2. The van der Waals surface area contributed by atoms with E-state index >= 15 is 0 Å². The van der Waals surface area contributed by atoms with Gasteiger partial charge in [-0.1, -0.05) is 54.2 Å². The van der Waals surface area contributed by atoms with Crippen LogP contribution in [0, 0.1) is 0 Å². The van der Waals surface area contributed by atoms with Gasteiger partial charge in [0.1, 0.15) is 0 Å². The molecule has 0 bridgehead atoms. The van der Waals surface area contributed by atoms with Crippen LogP contribution < -0.4 is 4.90 Å². The molecule has 7 heteroatoms. The van der Waals surface area contributed by atoms with Crippen LogP contribution in [0.5, 0.6) is 0 Å². The maximum atomic E-state index is 13.2. The molecule has 0 spiro atoms. The summed E-state index contributed by atoms with van der Waals surface area (Å²) in [4.78, 5) is 16.2. The maximum Gasteiger partial charge on any atom is 0.240 e. The van der Waals surface area contributed by atoms with E-state index in [0.717, 1.165) is 40.2 Å². The van der Waals surface area contributed by atoms with Crippen molar-refractivity contribution in [1.29, 1.82) is 0 Å². The smallest absolute Gasteiger partial charge is 0.240 e. The lowest BCUT2D eigenvalue weighted by molar-refractivity contribution is -0.117. The van der Waals surface area contributed by atoms with Gasteiger partial charge in [-0.05, 0) is 48.6 Å². The molecule has 2 aromatic heterocycles. The predicted molar refractivity (Wildman–Crippen MR) is 122 cm³/mol. The van der Waals surface area contributed by atoms with Crippen LogP contribution >= 0.6 is 23.1 Å². The Morgan fingerprint density at radius 2 is 1.83 bits per heavy atom. The minimum absolute atomic E-state index is 0.102. The van der Waals surface area contributed by atoms with Crippen molar-refractivity contribution in [2.75, 3.05) is 11.4 Å². The molecule has 0 saturated heterocycles. The van der Waals surface area contributed by atoms with Gasteiger partial charge in [-0.3, -0.25) is 9.36 Å². The molecule has 1 atom stereocenters. The zero-order valence-corrected chi connectivity index (χ0v) is 18.1. The minimum atomic E-state index is -0.279. The van der Waals surface area contributed by atoms with E-state index in [1.807, 2.05) is 82.4 Å². The fourth-order valence-corrected chi connectivity index (χ4v) is 5.34. The first-order chi connectivity index (χ1) is 14.7. The maximum absolute atomic E-state index is 13.2. The summed E-state index contributed by atoms with van der Waals surface area (Å²) in [6.45, 7) is 2.68. The van der Waals surface area contributed by atoms with E-state index in [9.17, 15) is 4.79 Å². The highest BCUT2D eigenvalue weighted by Gasteiger charge is 2.30. The minimum Gasteiger partial charge on any atom is -0.311 e. The molecule has 1 aliphatic rings. The molecule has 2 aromatic carbocycles. The SMILES string of the molecule is CC(Sc1nnc(-c2cccs2)n1-c1ccccc1)C(=O)N1CCc2ccccc21. The molecule has 0 radical (unpaired) electrons. The Kier molecular flexibility index (Phi) is 5.14. The molecule has 5 rings (SSSR count). The summed E-state index contributed by atoms with van der Waals surface area (Å²) in [7, 11) is 0. The highest BCUT2D eigenvalue weighted by Crippen LogP contribution is 2.34. The summed E-state index contributed by atoms with van der Waals surface area (Å²) >= 11 is 3.08. The first-order valence-electron chi connectivity index (χ1n) is 9.83. The molecule has 0 saturated carbocycles. The Labute approximate surface area is 183 Å². The van der Waals surface area contributed by atoms with Gasteiger partial charge in [0, 0.05) is 17.9 Å². The summed E-state index contributed by atoms with van der Waals surface area (Å²) in [5.41, 5.74) is 3.24. The van der Waals surface area contributed by atoms with Crippen LogP contribution in [-0.2, 0) is 11.2 Å². The predicted octanol–water partition coefficient (Wildman–Crippen LogP) is 5.07. The van der Waals surface area contributed by atoms with E-state index in [1.54, 1.807) is 11.3 Å². The van der Waals surface area contributed by atoms with E-state index in [1.165, 1.54) is 17.3 Å². The zero-order valence-electron chi connectivity index (χ0n) is 16.4. The number of rotatable bonds is 5. The van der Waals surface area contributed by atoms with Crippen molar-refractivity contribution < 1.29 is 4.79 Å². The monoisotopic (exact) mass is 432 g/mol. The Hall–Kier alpha value is -2.90. The van der Waals surface area contributed by atoms with Crippen molar-refractivity contribution in [3.05, 3.63) is 77.7 Å². The van der Waals surface area contributed by atoms with Crippen LogP contribution in [0.4, 0.5) is 5.69 Å². The summed E-state index contributed by atoms with van der Waals surface area (Å²) in [5, 5.41) is 11.4. The van der Waals surface area contributed by atoms with Gasteiger partial charge >= 0.3 is 0 Å². The van der Waals surface area contributed by atoms with E-state index in [2.05, 4.69) is 16.3 Å². The summed E-state index contributed by atoms with van der Waals surface area (Å²) in [6, 6.07) is 22.2. The first kappa shape index (κ1) is 19.1. The van der Waals surface area contributed by atoms with Crippen LogP contribution in [0.25, 0.3) is 16.4 Å². The van der Waals surface area contributed by atoms with E-state index in [0.29, 0.717) is 0 Å². The van der Waals surface area contributed by atoms with Crippen molar-refractivity contribution in [2.24, 2.45) is 0 Å². The number of aromatic nitrogens is 3. The quantitative estimate of drug-likeness (QED) is 0.413. The molecule has 3 heterocycles. The Bertz CT molecular complexity index is 1170. The average Bonchev–Trinajstić information content (AvgIpc) is 3.53. The second-order valence-electron chi connectivity index (χ2n) is 7.08. The van der Waals surface area contributed by atoms with Gasteiger partial charge < -0.3 is 4.90 Å². The molecule has 1 amide bonds. The highest BCUT2D eigenvalue weighted by atomic mass is 32.2. The van der Waals surface area contributed by atoms with Gasteiger partial charge in [0.05, 0.1) is 10.1 Å². The lowest BCUT2D eigenvalue weighted by Gasteiger charge is -2.21. The second kappa shape index (κ2) is 8.08. The number of anilines is 1. The van der Waals surface area contributed by atoms with Crippen molar-refractivity contribution >= 4 is 34.7 Å². The van der Waals surface area contributed by atoms with Crippen LogP contribution in [0.1, 0.15) is 12.5 Å². The topological polar surface area (TPSA) is 51.0 Å². The molecule has 0 N–H and O–H groups in total. The molecule has 1 aliphatic heterocycles. The van der Waals surface area contributed by atoms with Crippen LogP contribution in [-0.4, -0.2) is 32.5 Å². The van der Waals surface area contributed by atoms with Gasteiger partial charge in [0.2, 0.25) is 5.91 Å². The standard InChI is InChI=1S/C23H20N4OS2/c1-16(22(28)26-14-13-17-8-5-6-11-19(17)26)30-23-25-24-21(20-12-7-15-29-20)27(23)18-9-3-2-4-10-18/h2-12,15-16H,13-14H2,1H3. The molecule has 30 heavy (non-hydrogen) atoms. The van der Waals surface area contributed by atoms with E-state index in [4.69, 9.17) is 0 Å². The first-order valence-corrected chi connectivity index (χ1v) is 11.6. The third-order valence-electron chi connectivity index (χ3n) is 5.17. The number of amides is 1. The lowest BCUT2D eigenvalue weighted by Crippen LogP contribution is -2.35. The molecule has 1 unspecified atom stereocenters. The largest absolute Gasteiger partial charge is 0.311 e. The van der Waals surface area contributed by atoms with Crippen LogP contribution in [0.3, 0.4) is 0 Å². The number of para-hydroxylation sites is 2. The van der Waals surface area contributed by atoms with Crippen molar-refractivity contribution in [3.8, 4) is 16.4 Å². The van der Waals surface area contributed by atoms with Gasteiger partial charge in [0.15, 0.2) is 11.0 Å². The molecule has 0 aliphatic carbocycles. The number of thioether (sulfide) groups is 1. The normalized spacial score (nSPS) is 14.0. The summed E-state index contributed by atoms with van der Waals surface area (Å²) < 4.78 is 2.04. The number of carbonyl (C=O) groups excluding carboxylic acids is 1. The third kappa shape index (κ3) is 3.44. The number of hydrogen-bond acceptors (Lipinski definition) is 5. The van der Waals surface area contributed by atoms with Gasteiger partial charge in [-0.15, -0.1) is 21.5 Å². The molecule has 150 valence electrons. The fourth-order valence-electron chi connectivity index (χ4n) is 3.72. The van der Waals surface area contributed by atoms with Crippen LogP contribution in [0.2, 0.25) is 0 Å². The molecule has 4 aromatic rings. The Morgan fingerprint density at radius 1 is 1.03 bits per heavy atom. The van der Waals surface area contributed by atoms with Crippen molar-refractivity contribution in [3.63, 3.8) is 0 Å². The van der Waals surface area contributed by atoms with E-state index < -0.39 is 0 Å². The van der Waals surface area contributed by atoms with Crippen molar-refractivity contribution in [2.45, 2.75) is 23.8 Å². The highest BCUT2D eigenvalue weighted by molar-refractivity contribution is 8.00.